The average Bonchev–Trinajstić information content (AvgIpc) is 3.08. The minimum atomic E-state index is -0.965. The second-order valence-electron chi connectivity index (χ2n) is 10.5. The van der Waals surface area contributed by atoms with Crippen molar-refractivity contribution in [1.29, 1.82) is 5.41 Å². The summed E-state index contributed by atoms with van der Waals surface area (Å²) in [5.74, 6) is -1.23. The van der Waals surface area contributed by atoms with Crippen LogP contribution in [0, 0.1) is 5.41 Å². The van der Waals surface area contributed by atoms with Crippen molar-refractivity contribution in [2.75, 3.05) is 17.7 Å². The van der Waals surface area contributed by atoms with E-state index in [4.69, 9.17) is 20.6 Å². The zero-order valence-electron chi connectivity index (χ0n) is 25.1. The van der Waals surface area contributed by atoms with E-state index in [1.165, 1.54) is 0 Å². The second kappa shape index (κ2) is 14.6. The van der Waals surface area contributed by atoms with Gasteiger partial charge in [0.05, 0.1) is 7.11 Å². The number of carboxylic acid groups (broad SMARTS) is 1. The third-order valence-corrected chi connectivity index (χ3v) is 7.42. The van der Waals surface area contributed by atoms with Gasteiger partial charge in [0, 0.05) is 16.9 Å². The van der Waals surface area contributed by atoms with Gasteiger partial charge in [-0.3, -0.25) is 15.0 Å². The third-order valence-electron chi connectivity index (χ3n) is 7.42. The maximum Gasteiger partial charge on any atom is 0.315 e. The Kier molecular flexibility index (Phi) is 9.94. The number of amides is 1. The first-order chi connectivity index (χ1) is 22.3. The van der Waals surface area contributed by atoms with Crippen molar-refractivity contribution in [3.63, 3.8) is 0 Å². The molecule has 0 fully saturated rings. The van der Waals surface area contributed by atoms with Crippen molar-refractivity contribution in [3.8, 4) is 11.5 Å². The number of amidine groups is 1. The van der Waals surface area contributed by atoms with Crippen LogP contribution in [-0.4, -0.2) is 29.9 Å². The summed E-state index contributed by atoms with van der Waals surface area (Å²) in [6.07, 6.45) is 0. The lowest BCUT2D eigenvalue weighted by molar-refractivity contribution is -0.137. The molecule has 0 radical (unpaired) electrons. The van der Waals surface area contributed by atoms with E-state index in [1.807, 2.05) is 36.4 Å². The molecular formula is C37H34N4O5. The van der Waals surface area contributed by atoms with Gasteiger partial charge in [-0.2, -0.15) is 0 Å². The molecule has 0 spiro atoms. The standard InChI is InChI=1S/C37H34N4O5/c1-45-32-22-28(16-21-31(32)46-23-24-8-4-2-5-9-24)34(40-29-19-14-27(15-20-29)35(38)39)36(42)41-30-17-12-26(13-18-30)33(37(43)44)25-10-6-3-7-11-25/h2-22,33-34,40H,23H2,1H3,(H3,38,39)(H,41,42)(H,43,44). The predicted molar refractivity (Wildman–Crippen MR) is 179 cm³/mol. The maximum atomic E-state index is 13.8. The molecule has 9 heteroatoms. The van der Waals surface area contributed by atoms with Gasteiger partial charge in [-0.15, -0.1) is 0 Å². The summed E-state index contributed by atoms with van der Waals surface area (Å²) in [6, 6.07) is 36.9. The van der Waals surface area contributed by atoms with Crippen LogP contribution in [0.25, 0.3) is 0 Å². The van der Waals surface area contributed by atoms with Gasteiger partial charge in [0.15, 0.2) is 11.5 Å². The van der Waals surface area contributed by atoms with Crippen LogP contribution in [0.5, 0.6) is 11.5 Å². The number of anilines is 2. The number of nitrogens with two attached hydrogens (primary N) is 1. The molecule has 0 aromatic heterocycles. The maximum absolute atomic E-state index is 13.8. The summed E-state index contributed by atoms with van der Waals surface area (Å²) < 4.78 is 11.7. The van der Waals surface area contributed by atoms with Gasteiger partial charge in [0.1, 0.15) is 24.4 Å². The summed E-state index contributed by atoms with van der Waals surface area (Å²) >= 11 is 0. The Morgan fingerprint density at radius 1 is 0.761 bits per heavy atom. The molecule has 0 saturated heterocycles. The quantitative estimate of drug-likeness (QED) is 0.0745. The Labute approximate surface area is 267 Å². The van der Waals surface area contributed by atoms with Crippen LogP contribution in [0.3, 0.4) is 0 Å². The molecule has 5 aromatic carbocycles. The smallest absolute Gasteiger partial charge is 0.315 e. The molecule has 0 bridgehead atoms. The van der Waals surface area contributed by atoms with Gasteiger partial charge in [0.25, 0.3) is 5.91 Å². The van der Waals surface area contributed by atoms with E-state index in [9.17, 15) is 14.7 Å². The van der Waals surface area contributed by atoms with E-state index < -0.39 is 17.9 Å². The number of aliphatic carboxylic acids is 1. The Balaban J connectivity index is 1.40. The average molecular weight is 615 g/mol. The number of carbonyl (C=O) groups excluding carboxylic acids is 1. The van der Waals surface area contributed by atoms with Gasteiger partial charge >= 0.3 is 5.97 Å². The van der Waals surface area contributed by atoms with E-state index in [1.54, 1.807) is 98.1 Å². The van der Waals surface area contributed by atoms with E-state index in [0.29, 0.717) is 51.7 Å². The molecule has 0 saturated carbocycles. The number of methoxy groups -OCH3 is 1. The van der Waals surface area contributed by atoms with Crippen LogP contribution < -0.4 is 25.8 Å². The predicted octanol–water partition coefficient (Wildman–Crippen LogP) is 6.57. The van der Waals surface area contributed by atoms with Gasteiger partial charge in [-0.05, 0) is 70.8 Å². The molecular weight excluding hydrogens is 580 g/mol. The van der Waals surface area contributed by atoms with Crippen LogP contribution in [0.4, 0.5) is 11.4 Å². The lowest BCUT2D eigenvalue weighted by atomic mass is 9.91. The Hall–Kier alpha value is -6.09. The van der Waals surface area contributed by atoms with E-state index in [0.717, 1.165) is 5.56 Å². The lowest BCUT2D eigenvalue weighted by Gasteiger charge is -2.22. The van der Waals surface area contributed by atoms with Crippen molar-refractivity contribution in [3.05, 3.63) is 155 Å². The van der Waals surface area contributed by atoms with Crippen LogP contribution in [-0.2, 0) is 16.2 Å². The van der Waals surface area contributed by atoms with Gasteiger partial charge in [-0.25, -0.2) is 0 Å². The van der Waals surface area contributed by atoms with E-state index in [2.05, 4.69) is 10.6 Å². The highest BCUT2D eigenvalue weighted by atomic mass is 16.5. The highest BCUT2D eigenvalue weighted by molar-refractivity contribution is 5.98. The molecule has 5 aromatic rings. The first-order valence-corrected chi connectivity index (χ1v) is 14.6. The largest absolute Gasteiger partial charge is 0.493 e. The molecule has 232 valence electrons. The topological polar surface area (TPSA) is 147 Å². The van der Waals surface area contributed by atoms with Crippen molar-refractivity contribution in [2.45, 2.75) is 18.6 Å². The Morgan fingerprint density at radius 2 is 1.35 bits per heavy atom. The third kappa shape index (κ3) is 7.70. The van der Waals surface area contributed by atoms with E-state index in [-0.39, 0.29) is 11.7 Å². The molecule has 0 heterocycles. The number of ether oxygens (including phenoxy) is 2. The van der Waals surface area contributed by atoms with Gasteiger partial charge in [-0.1, -0.05) is 78.9 Å². The summed E-state index contributed by atoms with van der Waals surface area (Å²) in [4.78, 5) is 26.0. The van der Waals surface area contributed by atoms with Crippen molar-refractivity contribution in [1.82, 2.24) is 0 Å². The SMILES string of the molecule is COc1cc(C(Nc2ccc(C(=N)N)cc2)C(=O)Nc2ccc(C(C(=O)O)c3ccccc3)cc2)ccc1OCc1ccccc1. The lowest BCUT2D eigenvalue weighted by Crippen LogP contribution is -2.27. The number of carboxylic acids is 1. The molecule has 0 aliphatic heterocycles. The van der Waals surface area contributed by atoms with Crippen molar-refractivity contribution in [2.24, 2.45) is 5.73 Å². The summed E-state index contributed by atoms with van der Waals surface area (Å²) in [6.45, 7) is 0.351. The first-order valence-electron chi connectivity index (χ1n) is 14.6. The Bertz CT molecular complexity index is 1790. The van der Waals surface area contributed by atoms with Crippen LogP contribution >= 0.6 is 0 Å². The minimum Gasteiger partial charge on any atom is -0.493 e. The van der Waals surface area contributed by atoms with E-state index >= 15 is 0 Å². The molecule has 0 aliphatic carbocycles. The number of hydrogen-bond donors (Lipinski definition) is 5. The second-order valence-corrected chi connectivity index (χ2v) is 10.5. The fourth-order valence-corrected chi connectivity index (χ4v) is 5.03. The number of nitrogen functional groups attached to an aromatic ring is 1. The van der Waals surface area contributed by atoms with Crippen LogP contribution in [0.1, 0.15) is 39.8 Å². The summed E-state index contributed by atoms with van der Waals surface area (Å²) in [5, 5.41) is 23.8. The fourth-order valence-electron chi connectivity index (χ4n) is 5.03. The van der Waals surface area contributed by atoms with Gasteiger partial charge in [0.2, 0.25) is 0 Å². The number of benzene rings is 5. The molecule has 0 aliphatic rings. The molecule has 2 atom stereocenters. The number of nitrogens with one attached hydrogen (secondary N) is 3. The number of rotatable bonds is 13. The molecule has 1 amide bonds. The molecule has 2 unspecified atom stereocenters. The number of carbonyl (C=O) groups is 2. The van der Waals surface area contributed by atoms with Crippen LogP contribution in [0.15, 0.2) is 127 Å². The Morgan fingerprint density at radius 3 is 1.96 bits per heavy atom. The monoisotopic (exact) mass is 614 g/mol. The molecule has 46 heavy (non-hydrogen) atoms. The summed E-state index contributed by atoms with van der Waals surface area (Å²) in [7, 11) is 1.54. The fraction of sp³-hybridized carbons (Fsp3) is 0.108. The number of hydrogen-bond acceptors (Lipinski definition) is 6. The molecule has 6 N–H and O–H groups in total. The minimum absolute atomic E-state index is 0.0579. The zero-order chi connectivity index (χ0) is 32.5. The molecule has 5 rings (SSSR count). The highest BCUT2D eigenvalue weighted by Gasteiger charge is 2.24. The zero-order valence-corrected chi connectivity index (χ0v) is 25.1. The summed E-state index contributed by atoms with van der Waals surface area (Å²) in [5.41, 5.74) is 10.2. The highest BCUT2D eigenvalue weighted by Crippen LogP contribution is 2.33. The van der Waals surface area contributed by atoms with Crippen LogP contribution in [0.2, 0.25) is 0 Å². The van der Waals surface area contributed by atoms with Crippen molar-refractivity contribution < 1.29 is 24.2 Å². The normalized spacial score (nSPS) is 11.9. The van der Waals surface area contributed by atoms with Gasteiger partial charge < -0.3 is 30.9 Å². The first kappa shape index (κ1) is 31.3. The van der Waals surface area contributed by atoms with Crippen molar-refractivity contribution >= 4 is 29.1 Å². The molecule has 9 nitrogen and oxygen atoms in total.